The second-order valence-corrected chi connectivity index (χ2v) is 8.47. The summed E-state index contributed by atoms with van der Waals surface area (Å²) in [6, 6.07) is 8.69. The van der Waals surface area contributed by atoms with Crippen LogP contribution in [0.2, 0.25) is 5.02 Å². The molecule has 2 aromatic heterocycles. The van der Waals surface area contributed by atoms with Crippen molar-refractivity contribution in [1.29, 1.82) is 0 Å². The van der Waals surface area contributed by atoms with Gasteiger partial charge in [-0.25, -0.2) is 9.67 Å². The first kappa shape index (κ1) is 22.5. The van der Waals surface area contributed by atoms with E-state index in [2.05, 4.69) is 15.0 Å². The standard InChI is InChI=1S/C22H23ClF3N5O/c1-14-10-18(22(24,25)26)20-15(2)28-31(21(20)27-14)13-19(32)30-8-6-29(7-9-30)12-16-4-3-5-17(23)11-16/h3-5,10-11H,6-9,12-13H2,1-2H3. The van der Waals surface area contributed by atoms with Crippen LogP contribution in [0.4, 0.5) is 13.2 Å². The molecule has 1 saturated heterocycles. The number of rotatable bonds is 4. The lowest BCUT2D eigenvalue weighted by molar-refractivity contribution is -0.136. The summed E-state index contributed by atoms with van der Waals surface area (Å²) in [6.07, 6.45) is -4.52. The second-order valence-electron chi connectivity index (χ2n) is 8.04. The van der Waals surface area contributed by atoms with E-state index in [0.29, 0.717) is 31.2 Å². The monoisotopic (exact) mass is 465 g/mol. The van der Waals surface area contributed by atoms with Gasteiger partial charge in [-0.1, -0.05) is 23.7 Å². The van der Waals surface area contributed by atoms with Gasteiger partial charge in [0.2, 0.25) is 5.91 Å². The van der Waals surface area contributed by atoms with Crippen LogP contribution >= 0.6 is 11.6 Å². The third-order valence-electron chi connectivity index (χ3n) is 5.62. The molecular formula is C22H23ClF3N5O. The number of carbonyl (C=O) groups excluding carboxylic acids is 1. The number of pyridine rings is 1. The van der Waals surface area contributed by atoms with E-state index < -0.39 is 11.7 Å². The van der Waals surface area contributed by atoms with Gasteiger partial charge in [0.15, 0.2) is 5.65 Å². The average molecular weight is 466 g/mol. The van der Waals surface area contributed by atoms with Gasteiger partial charge in [-0.15, -0.1) is 0 Å². The Morgan fingerprint density at radius 1 is 1.12 bits per heavy atom. The van der Waals surface area contributed by atoms with Crippen molar-refractivity contribution in [3.63, 3.8) is 0 Å². The third-order valence-corrected chi connectivity index (χ3v) is 5.85. The molecule has 170 valence electrons. The number of aryl methyl sites for hydroxylation is 2. The topological polar surface area (TPSA) is 54.3 Å². The van der Waals surface area contributed by atoms with E-state index >= 15 is 0 Å². The number of amides is 1. The minimum Gasteiger partial charge on any atom is -0.339 e. The number of halogens is 4. The molecule has 10 heteroatoms. The highest BCUT2D eigenvalue weighted by Crippen LogP contribution is 2.36. The van der Waals surface area contributed by atoms with Crippen molar-refractivity contribution in [2.75, 3.05) is 26.2 Å². The highest BCUT2D eigenvalue weighted by atomic mass is 35.5. The van der Waals surface area contributed by atoms with Gasteiger partial charge in [0.1, 0.15) is 6.54 Å². The minimum absolute atomic E-state index is 0.0535. The van der Waals surface area contributed by atoms with Crippen molar-refractivity contribution in [2.24, 2.45) is 0 Å². The van der Waals surface area contributed by atoms with Crippen LogP contribution in [-0.2, 0) is 24.1 Å². The Morgan fingerprint density at radius 2 is 1.84 bits per heavy atom. The zero-order valence-corrected chi connectivity index (χ0v) is 18.5. The summed E-state index contributed by atoms with van der Waals surface area (Å²) < 4.78 is 41.8. The molecule has 6 nitrogen and oxygen atoms in total. The first-order chi connectivity index (χ1) is 15.1. The van der Waals surface area contributed by atoms with E-state index in [4.69, 9.17) is 11.6 Å². The number of hydrogen-bond acceptors (Lipinski definition) is 4. The lowest BCUT2D eigenvalue weighted by Gasteiger charge is -2.34. The molecule has 0 atom stereocenters. The maximum atomic E-state index is 13.5. The van der Waals surface area contributed by atoms with E-state index in [-0.39, 0.29) is 34.9 Å². The molecule has 0 N–H and O–H groups in total. The van der Waals surface area contributed by atoms with E-state index in [1.807, 2.05) is 24.3 Å². The van der Waals surface area contributed by atoms with Crippen molar-refractivity contribution >= 4 is 28.5 Å². The van der Waals surface area contributed by atoms with Crippen molar-refractivity contribution < 1.29 is 18.0 Å². The van der Waals surface area contributed by atoms with Gasteiger partial charge in [0.05, 0.1) is 16.6 Å². The number of hydrogen-bond donors (Lipinski definition) is 0. The summed E-state index contributed by atoms with van der Waals surface area (Å²) in [7, 11) is 0. The first-order valence-corrected chi connectivity index (χ1v) is 10.7. The highest BCUT2D eigenvalue weighted by molar-refractivity contribution is 6.30. The van der Waals surface area contributed by atoms with Gasteiger partial charge in [-0.3, -0.25) is 9.69 Å². The number of carbonyl (C=O) groups is 1. The summed E-state index contributed by atoms with van der Waals surface area (Å²) in [5, 5.41) is 4.84. The Morgan fingerprint density at radius 3 is 2.50 bits per heavy atom. The molecular weight excluding hydrogens is 443 g/mol. The predicted molar refractivity (Wildman–Crippen MR) is 115 cm³/mol. The highest BCUT2D eigenvalue weighted by Gasteiger charge is 2.35. The molecule has 0 saturated carbocycles. The van der Waals surface area contributed by atoms with Gasteiger partial charge in [0.25, 0.3) is 0 Å². The van der Waals surface area contributed by atoms with E-state index in [9.17, 15) is 18.0 Å². The van der Waals surface area contributed by atoms with Crippen LogP contribution in [0.1, 0.15) is 22.5 Å². The number of aromatic nitrogens is 3. The maximum absolute atomic E-state index is 13.5. The SMILES string of the molecule is Cc1cc(C(F)(F)F)c2c(C)nn(CC(=O)N3CCN(Cc4cccc(Cl)c4)CC3)c2n1. The molecule has 0 aliphatic carbocycles. The fourth-order valence-corrected chi connectivity index (χ4v) is 4.30. The number of piperazine rings is 1. The summed E-state index contributed by atoms with van der Waals surface area (Å²) in [4.78, 5) is 21.1. The minimum atomic E-state index is -4.52. The predicted octanol–water partition coefficient (Wildman–Crippen LogP) is 4.06. The molecule has 1 fully saturated rings. The van der Waals surface area contributed by atoms with Crippen LogP contribution in [0, 0.1) is 13.8 Å². The summed E-state index contributed by atoms with van der Waals surface area (Å²) in [5.41, 5.74) is 0.860. The molecule has 1 aliphatic heterocycles. The Kier molecular flexibility index (Phi) is 6.13. The number of nitrogens with zero attached hydrogens (tertiary/aromatic N) is 5. The second kappa shape index (κ2) is 8.71. The van der Waals surface area contributed by atoms with Crippen LogP contribution in [0.5, 0.6) is 0 Å². The molecule has 1 aliphatic rings. The molecule has 32 heavy (non-hydrogen) atoms. The molecule has 1 amide bonds. The van der Waals surface area contributed by atoms with E-state index in [1.165, 1.54) is 18.5 Å². The summed E-state index contributed by atoms with van der Waals surface area (Å²) in [6.45, 7) is 6.09. The fraction of sp³-hybridized carbons (Fsp3) is 0.409. The van der Waals surface area contributed by atoms with Crippen molar-refractivity contribution in [3.8, 4) is 0 Å². The molecule has 0 spiro atoms. The van der Waals surface area contributed by atoms with E-state index in [0.717, 1.165) is 18.2 Å². The van der Waals surface area contributed by atoms with E-state index in [1.54, 1.807) is 4.90 Å². The molecule has 4 rings (SSSR count). The number of benzene rings is 1. The lowest BCUT2D eigenvalue weighted by Crippen LogP contribution is -2.49. The molecule has 0 unspecified atom stereocenters. The molecule has 0 radical (unpaired) electrons. The quantitative estimate of drug-likeness (QED) is 0.583. The molecule has 1 aromatic carbocycles. The Hall–Kier alpha value is -2.65. The smallest absolute Gasteiger partial charge is 0.339 e. The summed E-state index contributed by atoms with van der Waals surface area (Å²) >= 11 is 6.04. The van der Waals surface area contributed by atoms with Gasteiger partial charge in [0, 0.05) is 43.4 Å². The van der Waals surface area contributed by atoms with Crippen molar-refractivity contribution in [3.05, 3.63) is 57.9 Å². The Balaban J connectivity index is 1.45. The zero-order valence-electron chi connectivity index (χ0n) is 17.8. The van der Waals surface area contributed by atoms with Crippen LogP contribution in [0.15, 0.2) is 30.3 Å². The van der Waals surface area contributed by atoms with Crippen LogP contribution in [0.3, 0.4) is 0 Å². The summed E-state index contributed by atoms with van der Waals surface area (Å²) in [5.74, 6) is -0.186. The van der Waals surface area contributed by atoms with Crippen molar-refractivity contribution in [1.82, 2.24) is 24.6 Å². The zero-order chi connectivity index (χ0) is 23.0. The molecule has 0 bridgehead atoms. The number of alkyl halides is 3. The Labute approximate surface area is 188 Å². The Bertz CT molecular complexity index is 1150. The van der Waals surface area contributed by atoms with Crippen LogP contribution < -0.4 is 0 Å². The normalized spacial score (nSPS) is 15.5. The largest absolute Gasteiger partial charge is 0.417 e. The maximum Gasteiger partial charge on any atom is 0.417 e. The number of fused-ring (bicyclic) bond motifs is 1. The molecule has 3 aromatic rings. The third kappa shape index (κ3) is 4.73. The van der Waals surface area contributed by atoms with Gasteiger partial charge in [-0.05, 0) is 37.6 Å². The fourth-order valence-electron chi connectivity index (χ4n) is 4.09. The first-order valence-electron chi connectivity index (χ1n) is 10.3. The lowest BCUT2D eigenvalue weighted by atomic mass is 10.1. The molecule has 3 heterocycles. The van der Waals surface area contributed by atoms with Gasteiger partial charge < -0.3 is 4.90 Å². The van der Waals surface area contributed by atoms with Crippen LogP contribution in [0.25, 0.3) is 11.0 Å². The average Bonchev–Trinajstić information content (AvgIpc) is 3.02. The van der Waals surface area contributed by atoms with Gasteiger partial charge in [-0.2, -0.15) is 18.3 Å². The van der Waals surface area contributed by atoms with Gasteiger partial charge >= 0.3 is 6.18 Å². The van der Waals surface area contributed by atoms with Crippen molar-refractivity contribution in [2.45, 2.75) is 33.1 Å². The van der Waals surface area contributed by atoms with Crippen LogP contribution in [-0.4, -0.2) is 56.7 Å².